The van der Waals surface area contributed by atoms with E-state index >= 15 is 0 Å². The van der Waals surface area contributed by atoms with E-state index in [1.165, 1.54) is 0 Å². The highest BCUT2D eigenvalue weighted by molar-refractivity contribution is 5.88. The van der Waals surface area contributed by atoms with Gasteiger partial charge >= 0.3 is 0 Å². The number of primary amides is 1. The molecular formula is C13H19N3O. The number of nitrogens with one attached hydrogen (secondary N) is 2. The molecule has 0 saturated carbocycles. The van der Waals surface area contributed by atoms with Gasteiger partial charge in [-0.2, -0.15) is 0 Å². The van der Waals surface area contributed by atoms with E-state index in [1.54, 1.807) is 0 Å². The van der Waals surface area contributed by atoms with Crippen LogP contribution >= 0.6 is 0 Å². The molecule has 1 saturated heterocycles. The predicted octanol–water partition coefficient (Wildman–Crippen LogP) is 0.952. The molecule has 1 fully saturated rings. The highest BCUT2D eigenvalue weighted by atomic mass is 16.1. The molecule has 1 aliphatic rings. The van der Waals surface area contributed by atoms with E-state index in [0.717, 1.165) is 25.2 Å². The Kier molecular flexibility index (Phi) is 3.33. The molecule has 4 heteroatoms. The Morgan fingerprint density at radius 2 is 2.18 bits per heavy atom. The number of hydrogen-bond donors (Lipinski definition) is 3. The lowest BCUT2D eigenvalue weighted by Crippen LogP contribution is -2.61. The lowest BCUT2D eigenvalue weighted by molar-refractivity contribution is -0.124. The lowest BCUT2D eigenvalue weighted by atomic mass is 9.78. The van der Waals surface area contributed by atoms with Gasteiger partial charge in [0.1, 0.15) is 5.54 Å². The molecule has 2 atom stereocenters. The first kappa shape index (κ1) is 11.9. The molecule has 1 heterocycles. The maximum absolute atomic E-state index is 11.8. The normalized spacial score (nSPS) is 28.6. The van der Waals surface area contributed by atoms with Crippen molar-refractivity contribution in [3.8, 4) is 0 Å². The van der Waals surface area contributed by atoms with Gasteiger partial charge in [0.2, 0.25) is 5.91 Å². The topological polar surface area (TPSA) is 67.2 Å². The van der Waals surface area contributed by atoms with Crippen LogP contribution in [0.3, 0.4) is 0 Å². The van der Waals surface area contributed by atoms with Crippen molar-refractivity contribution in [1.82, 2.24) is 5.32 Å². The summed E-state index contributed by atoms with van der Waals surface area (Å²) >= 11 is 0. The summed E-state index contributed by atoms with van der Waals surface area (Å²) in [6.07, 6.45) is 0.721. The molecule has 17 heavy (non-hydrogen) atoms. The summed E-state index contributed by atoms with van der Waals surface area (Å²) in [6, 6.07) is 9.76. The number of carbonyl (C=O) groups is 1. The number of benzene rings is 1. The summed E-state index contributed by atoms with van der Waals surface area (Å²) < 4.78 is 0. The number of amides is 1. The molecule has 0 aromatic heterocycles. The van der Waals surface area contributed by atoms with Gasteiger partial charge in [0.05, 0.1) is 0 Å². The molecule has 4 N–H and O–H groups in total. The highest BCUT2D eigenvalue weighted by Gasteiger charge is 2.43. The van der Waals surface area contributed by atoms with Crippen molar-refractivity contribution in [2.75, 3.05) is 18.4 Å². The van der Waals surface area contributed by atoms with Crippen LogP contribution in [0.15, 0.2) is 30.3 Å². The summed E-state index contributed by atoms with van der Waals surface area (Å²) in [5.41, 5.74) is 5.92. The molecule has 92 valence electrons. The second-order valence-electron chi connectivity index (χ2n) is 4.68. The molecule has 1 aromatic carbocycles. The van der Waals surface area contributed by atoms with Crippen LogP contribution < -0.4 is 16.4 Å². The minimum Gasteiger partial charge on any atom is -0.371 e. The van der Waals surface area contributed by atoms with Crippen LogP contribution in [0.25, 0.3) is 0 Å². The fourth-order valence-corrected chi connectivity index (χ4v) is 2.42. The van der Waals surface area contributed by atoms with Crippen molar-refractivity contribution in [3.63, 3.8) is 0 Å². The molecule has 0 aliphatic carbocycles. The van der Waals surface area contributed by atoms with Crippen LogP contribution in [0, 0.1) is 5.92 Å². The Hall–Kier alpha value is -1.55. The predicted molar refractivity (Wildman–Crippen MR) is 68.6 cm³/mol. The molecular weight excluding hydrogens is 214 g/mol. The van der Waals surface area contributed by atoms with Crippen LogP contribution in [-0.4, -0.2) is 24.5 Å². The van der Waals surface area contributed by atoms with E-state index < -0.39 is 5.54 Å². The van der Waals surface area contributed by atoms with Crippen molar-refractivity contribution >= 4 is 11.6 Å². The maximum Gasteiger partial charge on any atom is 0.243 e. The Labute approximate surface area is 102 Å². The molecule has 1 aliphatic heterocycles. The highest BCUT2D eigenvalue weighted by Crippen LogP contribution is 2.28. The van der Waals surface area contributed by atoms with E-state index in [0.29, 0.717) is 0 Å². The number of carbonyl (C=O) groups excluding carboxylic acids is 1. The SMILES string of the molecule is C[C@H]1CNCC[C@]1(Nc1ccccc1)C(N)=O. The Bertz CT molecular complexity index is 393. The molecule has 4 nitrogen and oxygen atoms in total. The lowest BCUT2D eigenvalue weighted by Gasteiger charge is -2.41. The van der Waals surface area contributed by atoms with Gasteiger partial charge in [-0.3, -0.25) is 4.79 Å². The third-order valence-corrected chi connectivity index (χ3v) is 3.57. The van der Waals surface area contributed by atoms with E-state index in [-0.39, 0.29) is 11.8 Å². The average molecular weight is 233 g/mol. The Morgan fingerprint density at radius 1 is 1.47 bits per heavy atom. The van der Waals surface area contributed by atoms with E-state index in [2.05, 4.69) is 10.6 Å². The van der Waals surface area contributed by atoms with Gasteiger partial charge in [0.25, 0.3) is 0 Å². The minimum atomic E-state index is -0.632. The van der Waals surface area contributed by atoms with Crippen LogP contribution in [0.2, 0.25) is 0 Å². The fraction of sp³-hybridized carbons (Fsp3) is 0.462. The number of nitrogens with two attached hydrogens (primary N) is 1. The number of anilines is 1. The average Bonchev–Trinajstić information content (AvgIpc) is 2.33. The smallest absolute Gasteiger partial charge is 0.243 e. The Morgan fingerprint density at radius 3 is 2.76 bits per heavy atom. The first-order chi connectivity index (χ1) is 8.15. The van der Waals surface area contributed by atoms with Crippen LogP contribution in [-0.2, 0) is 4.79 Å². The van der Waals surface area contributed by atoms with Gasteiger partial charge in [-0.25, -0.2) is 0 Å². The van der Waals surface area contributed by atoms with Gasteiger partial charge in [-0.05, 0) is 25.1 Å². The first-order valence-corrected chi connectivity index (χ1v) is 5.99. The van der Waals surface area contributed by atoms with Crippen LogP contribution in [0.1, 0.15) is 13.3 Å². The molecule has 0 unspecified atom stereocenters. The van der Waals surface area contributed by atoms with Gasteiger partial charge in [-0.15, -0.1) is 0 Å². The molecule has 2 rings (SSSR count). The fourth-order valence-electron chi connectivity index (χ4n) is 2.42. The van der Waals surface area contributed by atoms with E-state index in [4.69, 9.17) is 5.73 Å². The Balaban J connectivity index is 2.25. The standard InChI is InChI=1S/C13H19N3O/c1-10-9-15-8-7-13(10,12(14)17)16-11-5-3-2-4-6-11/h2-6,10,15-16H,7-9H2,1H3,(H2,14,17)/t10-,13+/m0/s1. The molecule has 0 radical (unpaired) electrons. The van der Waals surface area contributed by atoms with Gasteiger partial charge in [0, 0.05) is 18.2 Å². The van der Waals surface area contributed by atoms with Crippen molar-refractivity contribution in [3.05, 3.63) is 30.3 Å². The molecule has 0 bridgehead atoms. The molecule has 1 aromatic rings. The summed E-state index contributed by atoms with van der Waals surface area (Å²) in [5, 5.41) is 6.61. The number of hydrogen-bond acceptors (Lipinski definition) is 3. The summed E-state index contributed by atoms with van der Waals surface area (Å²) in [7, 11) is 0. The summed E-state index contributed by atoms with van der Waals surface area (Å²) in [6.45, 7) is 3.67. The van der Waals surface area contributed by atoms with Crippen molar-refractivity contribution in [2.24, 2.45) is 11.7 Å². The molecule has 0 spiro atoms. The van der Waals surface area contributed by atoms with Gasteiger partial charge in [-0.1, -0.05) is 25.1 Å². The maximum atomic E-state index is 11.8. The quantitative estimate of drug-likeness (QED) is 0.728. The summed E-state index contributed by atoms with van der Waals surface area (Å²) in [5.74, 6) is -0.0932. The van der Waals surface area contributed by atoms with Crippen LogP contribution in [0.5, 0.6) is 0 Å². The number of piperidine rings is 1. The zero-order valence-corrected chi connectivity index (χ0v) is 10.1. The van der Waals surface area contributed by atoms with Crippen molar-refractivity contribution < 1.29 is 4.79 Å². The second-order valence-corrected chi connectivity index (χ2v) is 4.68. The largest absolute Gasteiger partial charge is 0.371 e. The van der Waals surface area contributed by atoms with Gasteiger partial charge in [0.15, 0.2) is 0 Å². The summed E-state index contributed by atoms with van der Waals surface area (Å²) in [4.78, 5) is 11.8. The zero-order valence-electron chi connectivity index (χ0n) is 10.1. The van der Waals surface area contributed by atoms with Crippen molar-refractivity contribution in [2.45, 2.75) is 18.9 Å². The van der Waals surface area contributed by atoms with E-state index in [9.17, 15) is 4.79 Å². The third kappa shape index (κ3) is 2.26. The van der Waals surface area contributed by atoms with Crippen molar-refractivity contribution in [1.29, 1.82) is 0 Å². The second kappa shape index (κ2) is 4.75. The van der Waals surface area contributed by atoms with Crippen LogP contribution in [0.4, 0.5) is 5.69 Å². The van der Waals surface area contributed by atoms with E-state index in [1.807, 2.05) is 37.3 Å². The number of para-hydroxylation sites is 1. The van der Waals surface area contributed by atoms with Gasteiger partial charge < -0.3 is 16.4 Å². The third-order valence-electron chi connectivity index (χ3n) is 3.57. The molecule has 1 amide bonds. The monoisotopic (exact) mass is 233 g/mol. The minimum absolute atomic E-state index is 0.175. The number of rotatable bonds is 3. The first-order valence-electron chi connectivity index (χ1n) is 5.99. The zero-order chi connectivity index (χ0) is 12.3.